The largest absolute Gasteiger partial charge is 0.354 e. The van der Waals surface area contributed by atoms with Gasteiger partial charge in [-0.2, -0.15) is 0 Å². The van der Waals surface area contributed by atoms with E-state index in [1.54, 1.807) is 30.5 Å². The van der Waals surface area contributed by atoms with Crippen molar-refractivity contribution in [2.45, 2.75) is 13.8 Å². The molecule has 0 aliphatic rings. The molecule has 1 aromatic heterocycles. The van der Waals surface area contributed by atoms with E-state index in [2.05, 4.69) is 15.6 Å². The zero-order chi connectivity index (χ0) is 16.1. The summed E-state index contributed by atoms with van der Waals surface area (Å²) in [6.45, 7) is 4.71. The Labute approximate surface area is 139 Å². The molecule has 0 bridgehead atoms. The fourth-order valence-corrected chi connectivity index (χ4v) is 2.03. The first-order chi connectivity index (χ1) is 10.5. The predicted molar refractivity (Wildman–Crippen MR) is 91.2 cm³/mol. The van der Waals surface area contributed by atoms with E-state index in [9.17, 15) is 4.79 Å². The third kappa shape index (κ3) is 4.61. The second-order valence-corrected chi connectivity index (χ2v) is 6.10. The molecular weight excluding hydrogens is 321 g/mol. The minimum atomic E-state index is -0.171. The Bertz CT molecular complexity index is 657. The maximum absolute atomic E-state index is 11.9. The Morgan fingerprint density at radius 1 is 1.14 bits per heavy atom. The highest BCUT2D eigenvalue weighted by Crippen LogP contribution is 2.26. The van der Waals surface area contributed by atoms with E-state index in [1.165, 1.54) is 0 Å². The van der Waals surface area contributed by atoms with Crippen LogP contribution in [-0.4, -0.2) is 17.4 Å². The van der Waals surface area contributed by atoms with E-state index >= 15 is 0 Å². The molecule has 1 heterocycles. The number of anilines is 2. The number of hydrogen-bond acceptors (Lipinski definition) is 3. The summed E-state index contributed by atoms with van der Waals surface area (Å²) in [6, 6.07) is 8.73. The summed E-state index contributed by atoms with van der Waals surface area (Å²) in [4.78, 5) is 16.0. The minimum absolute atomic E-state index is 0.171. The Morgan fingerprint density at radius 3 is 2.45 bits per heavy atom. The zero-order valence-corrected chi connectivity index (χ0v) is 13.9. The molecule has 116 valence electrons. The van der Waals surface area contributed by atoms with Gasteiger partial charge in [0.2, 0.25) is 0 Å². The molecule has 2 rings (SSSR count). The van der Waals surface area contributed by atoms with Crippen LogP contribution in [0.15, 0.2) is 36.5 Å². The summed E-state index contributed by atoms with van der Waals surface area (Å²) in [7, 11) is 0. The molecule has 0 saturated heterocycles. The molecule has 1 aromatic carbocycles. The average molecular weight is 338 g/mol. The quantitative estimate of drug-likeness (QED) is 0.843. The highest BCUT2D eigenvalue weighted by Gasteiger charge is 2.07. The second-order valence-electron chi connectivity index (χ2n) is 5.29. The number of nitrogens with zero attached hydrogens (tertiary/aromatic N) is 1. The summed E-state index contributed by atoms with van der Waals surface area (Å²) in [5, 5.41) is 6.96. The number of amides is 1. The first-order valence-electron chi connectivity index (χ1n) is 6.92. The number of nitrogens with one attached hydrogen (secondary N) is 2. The fraction of sp³-hybridized carbons (Fsp3) is 0.250. The molecular formula is C16H17Cl2N3O. The lowest BCUT2D eigenvalue weighted by atomic mass is 10.2. The molecule has 0 unspecified atom stereocenters. The van der Waals surface area contributed by atoms with Gasteiger partial charge in [-0.05, 0) is 36.2 Å². The highest BCUT2D eigenvalue weighted by atomic mass is 35.5. The van der Waals surface area contributed by atoms with Gasteiger partial charge in [0.05, 0.1) is 21.9 Å². The van der Waals surface area contributed by atoms with Crippen LogP contribution in [0.4, 0.5) is 11.4 Å². The monoisotopic (exact) mass is 337 g/mol. The minimum Gasteiger partial charge on any atom is -0.354 e. The van der Waals surface area contributed by atoms with E-state index in [0.717, 1.165) is 11.4 Å². The van der Waals surface area contributed by atoms with Crippen LogP contribution in [0.3, 0.4) is 0 Å². The number of aromatic nitrogens is 1. The smallest absolute Gasteiger partial charge is 0.269 e. The van der Waals surface area contributed by atoms with E-state index in [0.29, 0.717) is 28.2 Å². The van der Waals surface area contributed by atoms with Crippen LogP contribution < -0.4 is 10.6 Å². The lowest BCUT2D eigenvalue weighted by molar-refractivity contribution is 0.0944. The average Bonchev–Trinajstić information content (AvgIpc) is 2.49. The molecule has 4 nitrogen and oxygen atoms in total. The van der Waals surface area contributed by atoms with Crippen LogP contribution in [0.25, 0.3) is 0 Å². The Hall–Kier alpha value is -1.78. The number of rotatable bonds is 5. The fourth-order valence-electron chi connectivity index (χ4n) is 1.73. The van der Waals surface area contributed by atoms with Gasteiger partial charge in [-0.1, -0.05) is 37.0 Å². The lowest BCUT2D eigenvalue weighted by Gasteiger charge is -2.09. The number of carbonyl (C=O) groups excluding carboxylic acids is 1. The Kier molecular flexibility index (Phi) is 5.63. The van der Waals surface area contributed by atoms with Crippen molar-refractivity contribution >= 4 is 40.5 Å². The van der Waals surface area contributed by atoms with Crippen molar-refractivity contribution in [3.05, 3.63) is 52.3 Å². The SMILES string of the molecule is CC(C)CNC(=O)c1ccc(Nc2ccc(Cl)c(Cl)c2)cn1. The number of hydrogen-bond donors (Lipinski definition) is 2. The maximum atomic E-state index is 11.9. The molecule has 0 aliphatic carbocycles. The van der Waals surface area contributed by atoms with E-state index < -0.39 is 0 Å². The first kappa shape index (κ1) is 16.6. The van der Waals surface area contributed by atoms with Crippen molar-refractivity contribution in [3.63, 3.8) is 0 Å². The van der Waals surface area contributed by atoms with Crippen molar-refractivity contribution in [1.29, 1.82) is 0 Å². The van der Waals surface area contributed by atoms with Gasteiger partial charge >= 0.3 is 0 Å². The molecule has 2 aromatic rings. The van der Waals surface area contributed by atoms with Crippen LogP contribution >= 0.6 is 23.2 Å². The maximum Gasteiger partial charge on any atom is 0.269 e. The molecule has 0 atom stereocenters. The van der Waals surface area contributed by atoms with Crippen LogP contribution in [0, 0.1) is 5.92 Å². The third-order valence-electron chi connectivity index (χ3n) is 2.88. The second kappa shape index (κ2) is 7.47. The normalized spacial score (nSPS) is 10.6. The van der Waals surface area contributed by atoms with Gasteiger partial charge in [0.1, 0.15) is 5.69 Å². The van der Waals surface area contributed by atoms with Crippen molar-refractivity contribution in [2.75, 3.05) is 11.9 Å². The van der Waals surface area contributed by atoms with Crippen molar-refractivity contribution < 1.29 is 4.79 Å². The van der Waals surface area contributed by atoms with Crippen molar-refractivity contribution in [3.8, 4) is 0 Å². The zero-order valence-electron chi connectivity index (χ0n) is 12.4. The number of pyridine rings is 1. The van der Waals surface area contributed by atoms with E-state index in [-0.39, 0.29) is 5.91 Å². The standard InChI is InChI=1S/C16H17Cl2N3O/c1-10(2)8-20-16(22)15-6-4-12(9-19-15)21-11-3-5-13(17)14(18)7-11/h3-7,9-10,21H,8H2,1-2H3,(H,20,22). The van der Waals surface area contributed by atoms with Gasteiger partial charge in [-0.15, -0.1) is 0 Å². The third-order valence-corrected chi connectivity index (χ3v) is 3.61. The van der Waals surface area contributed by atoms with Crippen LogP contribution in [0.2, 0.25) is 10.0 Å². The number of benzene rings is 1. The van der Waals surface area contributed by atoms with Gasteiger partial charge in [-0.25, -0.2) is 4.98 Å². The summed E-state index contributed by atoms with van der Waals surface area (Å²) in [5.41, 5.74) is 1.95. The topological polar surface area (TPSA) is 54.0 Å². The molecule has 6 heteroatoms. The van der Waals surface area contributed by atoms with Gasteiger partial charge in [0.25, 0.3) is 5.91 Å². The number of carbonyl (C=O) groups is 1. The van der Waals surface area contributed by atoms with Gasteiger partial charge in [-0.3, -0.25) is 4.79 Å². The van der Waals surface area contributed by atoms with Crippen LogP contribution in [0.1, 0.15) is 24.3 Å². The molecule has 0 radical (unpaired) electrons. The van der Waals surface area contributed by atoms with Gasteiger partial charge in [0.15, 0.2) is 0 Å². The highest BCUT2D eigenvalue weighted by molar-refractivity contribution is 6.42. The Morgan fingerprint density at radius 2 is 1.86 bits per heavy atom. The van der Waals surface area contributed by atoms with Crippen LogP contribution in [-0.2, 0) is 0 Å². The lowest BCUT2D eigenvalue weighted by Crippen LogP contribution is -2.27. The van der Waals surface area contributed by atoms with E-state index in [1.807, 2.05) is 19.9 Å². The molecule has 2 N–H and O–H groups in total. The summed E-state index contributed by atoms with van der Waals surface area (Å²) in [6.07, 6.45) is 1.60. The van der Waals surface area contributed by atoms with E-state index in [4.69, 9.17) is 23.2 Å². The van der Waals surface area contributed by atoms with Crippen LogP contribution in [0.5, 0.6) is 0 Å². The summed E-state index contributed by atoms with van der Waals surface area (Å²) in [5.74, 6) is 0.231. The summed E-state index contributed by atoms with van der Waals surface area (Å²) < 4.78 is 0. The van der Waals surface area contributed by atoms with Crippen molar-refractivity contribution in [2.24, 2.45) is 5.92 Å². The van der Waals surface area contributed by atoms with Gasteiger partial charge < -0.3 is 10.6 Å². The van der Waals surface area contributed by atoms with Crippen molar-refractivity contribution in [1.82, 2.24) is 10.3 Å². The molecule has 0 aliphatic heterocycles. The first-order valence-corrected chi connectivity index (χ1v) is 7.67. The summed E-state index contributed by atoms with van der Waals surface area (Å²) >= 11 is 11.8. The number of halogens is 2. The molecule has 0 saturated carbocycles. The molecule has 0 spiro atoms. The van der Waals surface area contributed by atoms with Gasteiger partial charge in [0, 0.05) is 12.2 Å². The molecule has 22 heavy (non-hydrogen) atoms. The predicted octanol–water partition coefficient (Wildman–Crippen LogP) is 4.52. The molecule has 1 amide bonds. The Balaban J connectivity index is 2.02. The molecule has 0 fully saturated rings.